The normalized spacial score (nSPS) is 10.2. The summed E-state index contributed by atoms with van der Waals surface area (Å²) in [5.74, 6) is 0.803. The van der Waals surface area contributed by atoms with Crippen LogP contribution in [0.4, 0.5) is 5.69 Å². The Balaban J connectivity index is 2.31. The number of carbonyl (C=O) groups excluding carboxylic acids is 1. The van der Waals surface area contributed by atoms with Crippen molar-refractivity contribution in [1.29, 1.82) is 0 Å². The van der Waals surface area contributed by atoms with Crippen LogP contribution in [0.1, 0.15) is 13.3 Å². The molecule has 0 saturated carbocycles. The maximum atomic E-state index is 11.9. The molecule has 0 fully saturated rings. The number of hydrogen-bond acceptors (Lipinski definition) is 4. The van der Waals surface area contributed by atoms with Gasteiger partial charge in [-0.3, -0.25) is 4.79 Å². The van der Waals surface area contributed by atoms with Crippen LogP contribution in [0.2, 0.25) is 0 Å². The molecule has 0 radical (unpaired) electrons. The minimum absolute atomic E-state index is 0.0787. The van der Waals surface area contributed by atoms with E-state index in [0.29, 0.717) is 38.4 Å². The summed E-state index contributed by atoms with van der Waals surface area (Å²) in [6.45, 7) is 4.18. The monoisotopic (exact) mass is 266 g/mol. The number of likely N-dealkylation sites (N-methyl/N-ethyl adjacent to an activating group) is 1. The van der Waals surface area contributed by atoms with Crippen molar-refractivity contribution >= 4 is 11.6 Å². The van der Waals surface area contributed by atoms with Gasteiger partial charge in [-0.2, -0.15) is 0 Å². The van der Waals surface area contributed by atoms with Crippen molar-refractivity contribution in [1.82, 2.24) is 4.90 Å². The lowest BCUT2D eigenvalue weighted by atomic mass is 10.3. The second-order valence-corrected chi connectivity index (χ2v) is 4.13. The fourth-order valence-electron chi connectivity index (χ4n) is 1.64. The smallest absolute Gasteiger partial charge is 0.226 e. The van der Waals surface area contributed by atoms with Crippen molar-refractivity contribution in [2.24, 2.45) is 0 Å². The van der Waals surface area contributed by atoms with Crippen LogP contribution in [0.25, 0.3) is 0 Å². The molecule has 0 bridgehead atoms. The number of rotatable bonds is 8. The van der Waals surface area contributed by atoms with Crippen LogP contribution in [0.5, 0.6) is 5.75 Å². The Hall–Kier alpha value is -1.75. The Labute approximate surface area is 114 Å². The molecule has 0 aliphatic rings. The van der Waals surface area contributed by atoms with Crippen LogP contribution < -0.4 is 10.5 Å². The van der Waals surface area contributed by atoms with E-state index in [9.17, 15) is 4.79 Å². The topological polar surface area (TPSA) is 64.8 Å². The van der Waals surface area contributed by atoms with Gasteiger partial charge in [-0.05, 0) is 31.2 Å². The third-order valence-electron chi connectivity index (χ3n) is 2.76. The van der Waals surface area contributed by atoms with Gasteiger partial charge in [-0.1, -0.05) is 0 Å². The Morgan fingerprint density at radius 1 is 1.26 bits per heavy atom. The SMILES string of the molecule is CCN(CCOC)C(=O)CCOc1ccc(N)cc1. The maximum Gasteiger partial charge on any atom is 0.226 e. The third kappa shape index (κ3) is 5.61. The zero-order chi connectivity index (χ0) is 14.1. The molecule has 1 amide bonds. The number of nitrogen functional groups attached to an aromatic ring is 1. The highest BCUT2D eigenvalue weighted by molar-refractivity contribution is 5.76. The van der Waals surface area contributed by atoms with Crippen LogP contribution in [-0.2, 0) is 9.53 Å². The fraction of sp³-hybridized carbons (Fsp3) is 0.500. The van der Waals surface area contributed by atoms with Gasteiger partial charge in [0.15, 0.2) is 0 Å². The quantitative estimate of drug-likeness (QED) is 0.725. The van der Waals surface area contributed by atoms with Crippen molar-refractivity contribution in [2.45, 2.75) is 13.3 Å². The highest BCUT2D eigenvalue weighted by Gasteiger charge is 2.10. The van der Waals surface area contributed by atoms with Crippen molar-refractivity contribution in [3.8, 4) is 5.75 Å². The fourth-order valence-corrected chi connectivity index (χ4v) is 1.64. The molecule has 1 aromatic carbocycles. The largest absolute Gasteiger partial charge is 0.493 e. The molecular weight excluding hydrogens is 244 g/mol. The lowest BCUT2D eigenvalue weighted by Crippen LogP contribution is -2.34. The highest BCUT2D eigenvalue weighted by Crippen LogP contribution is 2.13. The summed E-state index contributed by atoms with van der Waals surface area (Å²) >= 11 is 0. The third-order valence-corrected chi connectivity index (χ3v) is 2.76. The van der Waals surface area contributed by atoms with E-state index in [1.165, 1.54) is 0 Å². The van der Waals surface area contributed by atoms with Crippen LogP contribution in [0.15, 0.2) is 24.3 Å². The summed E-state index contributed by atoms with van der Waals surface area (Å²) < 4.78 is 10.5. The minimum atomic E-state index is 0.0787. The Morgan fingerprint density at radius 2 is 1.95 bits per heavy atom. The number of benzene rings is 1. The van der Waals surface area contributed by atoms with Gasteiger partial charge >= 0.3 is 0 Å². The molecule has 5 nitrogen and oxygen atoms in total. The molecule has 0 saturated heterocycles. The van der Waals surface area contributed by atoms with Gasteiger partial charge in [0.2, 0.25) is 5.91 Å². The van der Waals surface area contributed by atoms with Gasteiger partial charge in [0.05, 0.1) is 19.6 Å². The number of hydrogen-bond donors (Lipinski definition) is 1. The first-order valence-electron chi connectivity index (χ1n) is 6.42. The molecule has 0 unspecified atom stereocenters. The number of ether oxygens (including phenoxy) is 2. The standard InChI is InChI=1S/C14H22N2O3/c1-3-16(9-11-18-2)14(17)8-10-19-13-6-4-12(15)5-7-13/h4-7H,3,8-11,15H2,1-2H3. The second kappa shape index (κ2) is 8.37. The average Bonchev–Trinajstić information content (AvgIpc) is 2.42. The zero-order valence-electron chi connectivity index (χ0n) is 11.6. The van der Waals surface area contributed by atoms with E-state index in [1.54, 1.807) is 36.3 Å². The van der Waals surface area contributed by atoms with Gasteiger partial charge in [0.1, 0.15) is 5.75 Å². The molecule has 2 N–H and O–H groups in total. The van der Waals surface area contributed by atoms with Crippen LogP contribution >= 0.6 is 0 Å². The molecule has 1 aromatic rings. The Morgan fingerprint density at radius 3 is 2.53 bits per heavy atom. The number of nitrogens with zero attached hydrogens (tertiary/aromatic N) is 1. The Kier molecular flexibility index (Phi) is 6.74. The van der Waals surface area contributed by atoms with Crippen molar-refractivity contribution in [3.05, 3.63) is 24.3 Å². The highest BCUT2D eigenvalue weighted by atomic mass is 16.5. The first-order chi connectivity index (χ1) is 9.17. The summed E-state index contributed by atoms with van der Waals surface area (Å²) in [6, 6.07) is 7.13. The number of carbonyl (C=O) groups is 1. The van der Waals surface area contributed by atoms with E-state index in [-0.39, 0.29) is 5.91 Å². The summed E-state index contributed by atoms with van der Waals surface area (Å²) in [6.07, 6.45) is 0.363. The van der Waals surface area contributed by atoms with E-state index >= 15 is 0 Å². The van der Waals surface area contributed by atoms with E-state index < -0.39 is 0 Å². The predicted molar refractivity (Wildman–Crippen MR) is 75.1 cm³/mol. The molecule has 5 heteroatoms. The van der Waals surface area contributed by atoms with E-state index in [2.05, 4.69) is 0 Å². The lowest BCUT2D eigenvalue weighted by molar-refractivity contribution is -0.132. The number of nitrogens with two attached hydrogens (primary N) is 1. The van der Waals surface area contributed by atoms with Crippen LogP contribution in [0, 0.1) is 0 Å². The minimum Gasteiger partial charge on any atom is -0.493 e. The van der Waals surface area contributed by atoms with Gasteiger partial charge in [-0.25, -0.2) is 0 Å². The van der Waals surface area contributed by atoms with Gasteiger partial charge in [-0.15, -0.1) is 0 Å². The molecule has 106 valence electrons. The molecular formula is C14H22N2O3. The zero-order valence-corrected chi connectivity index (χ0v) is 11.6. The van der Waals surface area contributed by atoms with E-state index in [4.69, 9.17) is 15.2 Å². The summed E-state index contributed by atoms with van der Waals surface area (Å²) in [7, 11) is 1.63. The first-order valence-corrected chi connectivity index (χ1v) is 6.42. The van der Waals surface area contributed by atoms with Gasteiger partial charge in [0.25, 0.3) is 0 Å². The average molecular weight is 266 g/mol. The summed E-state index contributed by atoms with van der Waals surface area (Å²) in [5.41, 5.74) is 6.27. The van der Waals surface area contributed by atoms with Crippen LogP contribution in [0.3, 0.4) is 0 Å². The lowest BCUT2D eigenvalue weighted by Gasteiger charge is -2.20. The van der Waals surface area contributed by atoms with Crippen molar-refractivity contribution in [2.75, 3.05) is 39.1 Å². The molecule has 0 aliphatic heterocycles. The maximum absolute atomic E-state index is 11.9. The summed E-state index contributed by atoms with van der Waals surface area (Å²) in [5, 5.41) is 0. The van der Waals surface area contributed by atoms with E-state index in [0.717, 1.165) is 5.75 Å². The second-order valence-electron chi connectivity index (χ2n) is 4.13. The number of methoxy groups -OCH3 is 1. The van der Waals surface area contributed by atoms with Gasteiger partial charge in [0, 0.05) is 25.9 Å². The molecule has 0 spiro atoms. The molecule has 0 atom stereocenters. The number of amides is 1. The summed E-state index contributed by atoms with van der Waals surface area (Å²) in [4.78, 5) is 13.7. The Bertz CT molecular complexity index is 379. The molecule has 0 aromatic heterocycles. The van der Waals surface area contributed by atoms with Crippen molar-refractivity contribution < 1.29 is 14.3 Å². The molecule has 0 heterocycles. The molecule has 19 heavy (non-hydrogen) atoms. The van der Waals surface area contributed by atoms with Gasteiger partial charge < -0.3 is 20.1 Å². The van der Waals surface area contributed by atoms with Crippen LogP contribution in [-0.4, -0.2) is 44.2 Å². The van der Waals surface area contributed by atoms with Crippen molar-refractivity contribution in [3.63, 3.8) is 0 Å². The van der Waals surface area contributed by atoms with E-state index in [1.807, 2.05) is 6.92 Å². The molecule has 1 rings (SSSR count). The predicted octanol–water partition coefficient (Wildman–Crippen LogP) is 1.53. The molecule has 0 aliphatic carbocycles. The first kappa shape index (κ1) is 15.3. The number of anilines is 1.